The summed E-state index contributed by atoms with van der Waals surface area (Å²) in [6.45, 7) is 5.56. The molecule has 0 aliphatic heterocycles. The van der Waals surface area contributed by atoms with E-state index < -0.39 is 0 Å². The van der Waals surface area contributed by atoms with Gasteiger partial charge in [-0.05, 0) is 30.5 Å². The Kier molecular flexibility index (Phi) is 7.03. The second kappa shape index (κ2) is 8.28. The maximum atomic E-state index is 11.5. The molecule has 0 aliphatic rings. The number of nitrogens with one attached hydrogen (secondary N) is 2. The number of anilines is 1. The third kappa shape index (κ3) is 6.69. The number of carbonyl (C=O) groups excluding carboxylic acids is 1. The number of halogens is 2. The maximum Gasteiger partial charge on any atom is 0.221 e. The minimum Gasteiger partial charge on any atom is -0.383 e. The van der Waals surface area contributed by atoms with Crippen LogP contribution in [0, 0.1) is 5.92 Å². The molecule has 1 aromatic carbocycles. The van der Waals surface area contributed by atoms with Gasteiger partial charge in [0.05, 0.1) is 10.7 Å². The van der Waals surface area contributed by atoms with Crippen LogP contribution >= 0.6 is 23.2 Å². The second-order valence-corrected chi connectivity index (χ2v) is 5.68. The molecule has 3 nitrogen and oxygen atoms in total. The number of amides is 1. The first-order chi connectivity index (χ1) is 8.99. The van der Waals surface area contributed by atoms with Gasteiger partial charge in [-0.15, -0.1) is 0 Å². The summed E-state index contributed by atoms with van der Waals surface area (Å²) >= 11 is 11.8. The van der Waals surface area contributed by atoms with E-state index in [4.69, 9.17) is 23.2 Å². The molecule has 0 saturated heterocycles. The van der Waals surface area contributed by atoms with Crippen molar-refractivity contribution in [1.82, 2.24) is 5.32 Å². The van der Waals surface area contributed by atoms with Crippen molar-refractivity contribution in [2.75, 3.05) is 18.4 Å². The molecule has 0 atom stereocenters. The van der Waals surface area contributed by atoms with Gasteiger partial charge in [-0.3, -0.25) is 4.79 Å². The van der Waals surface area contributed by atoms with Gasteiger partial charge in [-0.1, -0.05) is 37.0 Å². The summed E-state index contributed by atoms with van der Waals surface area (Å²) in [5, 5.41) is 7.17. The average Bonchev–Trinajstić information content (AvgIpc) is 2.31. The first-order valence-corrected chi connectivity index (χ1v) is 7.20. The van der Waals surface area contributed by atoms with Gasteiger partial charge in [-0.25, -0.2) is 0 Å². The van der Waals surface area contributed by atoms with Crippen molar-refractivity contribution in [3.8, 4) is 0 Å². The van der Waals surface area contributed by atoms with E-state index in [1.165, 1.54) is 0 Å². The van der Waals surface area contributed by atoms with Crippen molar-refractivity contribution in [3.63, 3.8) is 0 Å². The summed E-state index contributed by atoms with van der Waals surface area (Å²) in [5.41, 5.74) is 0.793. The fourth-order valence-corrected chi connectivity index (χ4v) is 2.01. The molecule has 0 spiro atoms. The van der Waals surface area contributed by atoms with Crippen LogP contribution in [-0.2, 0) is 4.79 Å². The fraction of sp³-hybridized carbons (Fsp3) is 0.500. The van der Waals surface area contributed by atoms with Crippen molar-refractivity contribution in [2.24, 2.45) is 5.92 Å². The number of benzene rings is 1. The summed E-state index contributed by atoms with van der Waals surface area (Å²) in [5.74, 6) is 0.657. The second-order valence-electron chi connectivity index (χ2n) is 4.83. The van der Waals surface area contributed by atoms with Gasteiger partial charge in [0.2, 0.25) is 5.91 Å². The fourth-order valence-electron chi connectivity index (χ4n) is 1.53. The van der Waals surface area contributed by atoms with Gasteiger partial charge in [0.1, 0.15) is 0 Å². The lowest BCUT2D eigenvalue weighted by molar-refractivity contribution is -0.120. The molecule has 1 amide bonds. The summed E-state index contributed by atoms with van der Waals surface area (Å²) in [6.07, 6.45) is 1.43. The highest BCUT2D eigenvalue weighted by molar-refractivity contribution is 6.36. The van der Waals surface area contributed by atoms with E-state index in [1.807, 2.05) is 0 Å². The monoisotopic (exact) mass is 302 g/mol. The van der Waals surface area contributed by atoms with Crippen LogP contribution in [0.3, 0.4) is 0 Å². The summed E-state index contributed by atoms with van der Waals surface area (Å²) < 4.78 is 0. The van der Waals surface area contributed by atoms with E-state index in [9.17, 15) is 4.79 Å². The molecule has 0 bridgehead atoms. The zero-order chi connectivity index (χ0) is 14.3. The zero-order valence-electron chi connectivity index (χ0n) is 11.3. The summed E-state index contributed by atoms with van der Waals surface area (Å²) in [4.78, 5) is 11.5. The number of hydrogen-bond donors (Lipinski definition) is 2. The Morgan fingerprint density at radius 2 is 2.00 bits per heavy atom. The molecule has 0 aromatic heterocycles. The highest BCUT2D eigenvalue weighted by Crippen LogP contribution is 2.25. The first kappa shape index (κ1) is 16.1. The minimum atomic E-state index is 0.0539. The molecule has 5 heteroatoms. The molecule has 0 unspecified atom stereocenters. The lowest BCUT2D eigenvalue weighted by Crippen LogP contribution is -2.27. The molecule has 0 saturated carbocycles. The van der Waals surface area contributed by atoms with Crippen LogP contribution < -0.4 is 10.6 Å². The number of hydrogen-bond acceptors (Lipinski definition) is 2. The predicted octanol–water partition coefficient (Wildman–Crippen LogP) is 3.96. The molecule has 2 N–H and O–H groups in total. The largest absolute Gasteiger partial charge is 0.383 e. The van der Waals surface area contributed by atoms with Gasteiger partial charge < -0.3 is 10.6 Å². The molecule has 106 valence electrons. The lowest BCUT2D eigenvalue weighted by atomic mass is 10.1. The molecule has 19 heavy (non-hydrogen) atoms. The third-order valence-corrected chi connectivity index (χ3v) is 3.19. The van der Waals surface area contributed by atoms with E-state index >= 15 is 0 Å². The normalized spacial score (nSPS) is 10.6. The highest BCUT2D eigenvalue weighted by Gasteiger charge is 2.03. The Morgan fingerprint density at radius 3 is 2.63 bits per heavy atom. The van der Waals surface area contributed by atoms with E-state index in [0.29, 0.717) is 28.9 Å². The van der Waals surface area contributed by atoms with Gasteiger partial charge in [-0.2, -0.15) is 0 Å². The Bertz CT molecular complexity index is 422. The van der Waals surface area contributed by atoms with E-state index in [1.54, 1.807) is 18.2 Å². The minimum absolute atomic E-state index is 0.0539. The topological polar surface area (TPSA) is 41.1 Å². The molecule has 0 heterocycles. The van der Waals surface area contributed by atoms with Crippen molar-refractivity contribution in [3.05, 3.63) is 28.2 Å². The van der Waals surface area contributed by atoms with Gasteiger partial charge >= 0.3 is 0 Å². The molecule has 0 fully saturated rings. The summed E-state index contributed by atoms with van der Waals surface area (Å²) in [7, 11) is 0. The van der Waals surface area contributed by atoms with Crippen LogP contribution in [0.1, 0.15) is 26.7 Å². The highest BCUT2D eigenvalue weighted by atomic mass is 35.5. The SMILES string of the molecule is CC(C)CCNC(=O)CCNc1ccc(Cl)cc1Cl. The van der Waals surface area contributed by atoms with Gasteiger partial charge in [0.15, 0.2) is 0 Å². The van der Waals surface area contributed by atoms with Crippen LogP contribution in [0.25, 0.3) is 0 Å². The standard InChI is InChI=1S/C14H20Cl2N2O/c1-10(2)5-7-18-14(19)6-8-17-13-4-3-11(15)9-12(13)16/h3-4,9-10,17H,5-8H2,1-2H3,(H,18,19). The maximum absolute atomic E-state index is 11.5. The summed E-state index contributed by atoms with van der Waals surface area (Å²) in [6, 6.07) is 5.24. The molecule has 1 rings (SSSR count). The smallest absolute Gasteiger partial charge is 0.221 e. The van der Waals surface area contributed by atoms with E-state index in [-0.39, 0.29) is 5.91 Å². The number of rotatable bonds is 7. The molecular formula is C14H20Cl2N2O. The predicted molar refractivity (Wildman–Crippen MR) is 82.0 cm³/mol. The van der Waals surface area contributed by atoms with E-state index in [0.717, 1.165) is 18.7 Å². The quantitative estimate of drug-likeness (QED) is 0.800. The lowest BCUT2D eigenvalue weighted by Gasteiger charge is -2.10. The Balaban J connectivity index is 2.24. The molecular weight excluding hydrogens is 283 g/mol. The van der Waals surface area contributed by atoms with Crippen molar-refractivity contribution in [2.45, 2.75) is 26.7 Å². The molecule has 0 radical (unpaired) electrons. The first-order valence-electron chi connectivity index (χ1n) is 6.44. The third-order valence-electron chi connectivity index (χ3n) is 2.64. The van der Waals surface area contributed by atoms with Crippen LogP contribution in [0.4, 0.5) is 5.69 Å². The molecule has 1 aromatic rings. The van der Waals surface area contributed by atoms with Gasteiger partial charge in [0, 0.05) is 24.5 Å². The van der Waals surface area contributed by atoms with E-state index in [2.05, 4.69) is 24.5 Å². The van der Waals surface area contributed by atoms with Gasteiger partial charge in [0.25, 0.3) is 0 Å². The van der Waals surface area contributed by atoms with Crippen LogP contribution in [0.15, 0.2) is 18.2 Å². The Morgan fingerprint density at radius 1 is 1.26 bits per heavy atom. The zero-order valence-corrected chi connectivity index (χ0v) is 12.8. The Hall–Kier alpha value is -0.930. The van der Waals surface area contributed by atoms with Crippen LogP contribution in [-0.4, -0.2) is 19.0 Å². The van der Waals surface area contributed by atoms with Crippen molar-refractivity contribution < 1.29 is 4.79 Å². The van der Waals surface area contributed by atoms with Crippen molar-refractivity contribution >= 4 is 34.8 Å². The van der Waals surface area contributed by atoms with Crippen LogP contribution in [0.5, 0.6) is 0 Å². The Labute approximate surface area is 124 Å². The van der Waals surface area contributed by atoms with Crippen molar-refractivity contribution in [1.29, 1.82) is 0 Å². The number of carbonyl (C=O) groups is 1. The average molecular weight is 303 g/mol. The van der Waals surface area contributed by atoms with Crippen LogP contribution in [0.2, 0.25) is 10.0 Å². The molecule has 0 aliphatic carbocycles.